The van der Waals surface area contributed by atoms with E-state index < -0.39 is 6.10 Å². The van der Waals surface area contributed by atoms with E-state index in [1.54, 1.807) is 6.92 Å². The van der Waals surface area contributed by atoms with E-state index in [1.165, 1.54) is 0 Å². The van der Waals surface area contributed by atoms with Crippen molar-refractivity contribution in [3.05, 3.63) is 30.3 Å². The van der Waals surface area contributed by atoms with Gasteiger partial charge in [0.05, 0.1) is 0 Å². The molecule has 1 aliphatic heterocycles. The van der Waals surface area contributed by atoms with Gasteiger partial charge in [-0.1, -0.05) is 18.2 Å². The van der Waals surface area contributed by atoms with Gasteiger partial charge in [0, 0.05) is 12.1 Å². The number of piperidine rings is 1. The normalized spacial score (nSPS) is 23.3. The summed E-state index contributed by atoms with van der Waals surface area (Å²) in [5.41, 5.74) is 0. The quantitative estimate of drug-likeness (QED) is 0.895. The number of carbonyl (C=O) groups excluding carboxylic acids is 1. The molecule has 0 saturated carbocycles. The highest BCUT2D eigenvalue weighted by Crippen LogP contribution is 2.12. The molecule has 4 nitrogen and oxygen atoms in total. The molecule has 5 heteroatoms. The minimum Gasteiger partial charge on any atom is -0.481 e. The summed E-state index contributed by atoms with van der Waals surface area (Å²) in [5.74, 6) is 0.687. The van der Waals surface area contributed by atoms with E-state index in [0.717, 1.165) is 25.1 Å². The number of hydrogen-bond acceptors (Lipinski definition) is 3. The Morgan fingerprint density at radius 2 is 2.10 bits per heavy atom. The third-order valence-corrected chi connectivity index (χ3v) is 3.40. The summed E-state index contributed by atoms with van der Waals surface area (Å²) in [6.45, 7) is 4.88. The zero-order chi connectivity index (χ0) is 13.7. The second kappa shape index (κ2) is 8.12. The van der Waals surface area contributed by atoms with Crippen molar-refractivity contribution in [3.8, 4) is 5.75 Å². The summed E-state index contributed by atoms with van der Waals surface area (Å²) < 4.78 is 5.62. The zero-order valence-electron chi connectivity index (χ0n) is 12.0. The Labute approximate surface area is 126 Å². The SMILES string of the molecule is CC1CC(NC(=O)C(C)Oc2ccccc2)CCN1.Cl. The third-order valence-electron chi connectivity index (χ3n) is 3.40. The van der Waals surface area contributed by atoms with E-state index in [-0.39, 0.29) is 24.4 Å². The maximum absolute atomic E-state index is 12.1. The number of nitrogens with one attached hydrogen (secondary N) is 2. The van der Waals surface area contributed by atoms with Crippen molar-refractivity contribution in [2.75, 3.05) is 6.54 Å². The highest BCUT2D eigenvalue weighted by molar-refractivity contribution is 5.85. The van der Waals surface area contributed by atoms with Crippen molar-refractivity contribution < 1.29 is 9.53 Å². The average molecular weight is 299 g/mol. The van der Waals surface area contributed by atoms with Crippen LogP contribution in [0.5, 0.6) is 5.75 Å². The summed E-state index contributed by atoms with van der Waals surface area (Å²) in [6.07, 6.45) is 1.49. The van der Waals surface area contributed by atoms with E-state index in [9.17, 15) is 4.79 Å². The van der Waals surface area contributed by atoms with Gasteiger partial charge >= 0.3 is 0 Å². The topological polar surface area (TPSA) is 50.4 Å². The van der Waals surface area contributed by atoms with E-state index in [0.29, 0.717) is 6.04 Å². The Kier molecular flexibility index (Phi) is 6.82. The van der Waals surface area contributed by atoms with Gasteiger partial charge in [-0.15, -0.1) is 12.4 Å². The molecule has 3 unspecified atom stereocenters. The molecule has 0 bridgehead atoms. The summed E-state index contributed by atoms with van der Waals surface area (Å²) >= 11 is 0. The summed E-state index contributed by atoms with van der Waals surface area (Å²) in [4.78, 5) is 12.1. The van der Waals surface area contributed by atoms with Crippen LogP contribution in [0.15, 0.2) is 30.3 Å². The molecule has 1 saturated heterocycles. The first-order chi connectivity index (χ1) is 9.15. The molecule has 1 amide bonds. The van der Waals surface area contributed by atoms with Gasteiger partial charge in [0.15, 0.2) is 6.10 Å². The third kappa shape index (κ3) is 5.02. The Morgan fingerprint density at radius 3 is 2.75 bits per heavy atom. The van der Waals surface area contributed by atoms with Gasteiger partial charge in [0.2, 0.25) is 0 Å². The molecule has 20 heavy (non-hydrogen) atoms. The second-order valence-corrected chi connectivity index (χ2v) is 5.16. The molecular weight excluding hydrogens is 276 g/mol. The molecule has 1 aromatic rings. The van der Waals surface area contributed by atoms with Gasteiger partial charge in [0.25, 0.3) is 5.91 Å². The largest absolute Gasteiger partial charge is 0.481 e. The predicted octanol–water partition coefficient (Wildman–Crippen LogP) is 2.13. The summed E-state index contributed by atoms with van der Waals surface area (Å²) in [5, 5.41) is 6.44. The molecule has 1 fully saturated rings. The smallest absolute Gasteiger partial charge is 0.260 e. The molecular formula is C15H23ClN2O2. The van der Waals surface area contributed by atoms with Crippen molar-refractivity contribution in [1.82, 2.24) is 10.6 Å². The van der Waals surface area contributed by atoms with Crippen molar-refractivity contribution in [3.63, 3.8) is 0 Å². The lowest BCUT2D eigenvalue weighted by atomic mass is 10.0. The van der Waals surface area contributed by atoms with Crippen LogP contribution in [0.25, 0.3) is 0 Å². The summed E-state index contributed by atoms with van der Waals surface area (Å²) in [6, 6.07) is 10.2. The van der Waals surface area contributed by atoms with Crippen LogP contribution in [0, 0.1) is 0 Å². The van der Waals surface area contributed by atoms with Crippen LogP contribution < -0.4 is 15.4 Å². The lowest BCUT2D eigenvalue weighted by molar-refractivity contribution is -0.128. The van der Waals surface area contributed by atoms with Gasteiger partial charge in [-0.2, -0.15) is 0 Å². The molecule has 2 rings (SSSR count). The van der Waals surface area contributed by atoms with E-state index >= 15 is 0 Å². The second-order valence-electron chi connectivity index (χ2n) is 5.16. The Balaban J connectivity index is 0.00000200. The molecule has 2 N–H and O–H groups in total. The Morgan fingerprint density at radius 1 is 1.40 bits per heavy atom. The van der Waals surface area contributed by atoms with Crippen LogP contribution >= 0.6 is 12.4 Å². The molecule has 0 spiro atoms. The number of ether oxygens (including phenoxy) is 1. The first-order valence-corrected chi connectivity index (χ1v) is 6.90. The van der Waals surface area contributed by atoms with E-state index in [4.69, 9.17) is 4.74 Å². The van der Waals surface area contributed by atoms with Gasteiger partial charge < -0.3 is 15.4 Å². The van der Waals surface area contributed by atoms with Gasteiger partial charge in [-0.3, -0.25) is 4.79 Å². The van der Waals surface area contributed by atoms with Crippen LogP contribution in [0.1, 0.15) is 26.7 Å². The van der Waals surface area contributed by atoms with Crippen molar-refractivity contribution >= 4 is 18.3 Å². The van der Waals surface area contributed by atoms with Crippen molar-refractivity contribution in [1.29, 1.82) is 0 Å². The number of benzene rings is 1. The van der Waals surface area contributed by atoms with E-state index in [1.807, 2.05) is 30.3 Å². The molecule has 1 heterocycles. The van der Waals surface area contributed by atoms with Crippen molar-refractivity contribution in [2.45, 2.75) is 44.9 Å². The molecule has 112 valence electrons. The van der Waals surface area contributed by atoms with Gasteiger partial charge in [-0.05, 0) is 45.4 Å². The number of carbonyl (C=O) groups is 1. The molecule has 0 aromatic heterocycles. The maximum Gasteiger partial charge on any atom is 0.260 e. The molecule has 3 atom stereocenters. The number of amides is 1. The zero-order valence-corrected chi connectivity index (χ0v) is 12.8. The predicted molar refractivity (Wildman–Crippen MR) is 82.4 cm³/mol. The minimum atomic E-state index is -0.465. The fourth-order valence-electron chi connectivity index (χ4n) is 2.34. The van der Waals surface area contributed by atoms with Crippen LogP contribution in [-0.2, 0) is 4.79 Å². The molecule has 1 aliphatic rings. The number of hydrogen-bond donors (Lipinski definition) is 2. The fourth-order valence-corrected chi connectivity index (χ4v) is 2.34. The highest BCUT2D eigenvalue weighted by Gasteiger charge is 2.23. The maximum atomic E-state index is 12.1. The molecule has 1 aromatic carbocycles. The van der Waals surface area contributed by atoms with E-state index in [2.05, 4.69) is 17.6 Å². The average Bonchev–Trinajstić information content (AvgIpc) is 2.40. The summed E-state index contributed by atoms with van der Waals surface area (Å²) in [7, 11) is 0. The standard InChI is InChI=1S/C15H22N2O2.ClH/c1-11-10-13(8-9-16-11)17-15(18)12(2)19-14-6-4-3-5-7-14;/h3-7,11-13,16H,8-10H2,1-2H3,(H,17,18);1H. The van der Waals surface area contributed by atoms with Gasteiger partial charge in [-0.25, -0.2) is 0 Å². The first kappa shape index (κ1) is 16.8. The fraction of sp³-hybridized carbons (Fsp3) is 0.533. The Hall–Kier alpha value is -1.26. The minimum absolute atomic E-state index is 0. The molecule has 0 aliphatic carbocycles. The number of rotatable bonds is 4. The molecule has 0 radical (unpaired) electrons. The van der Waals surface area contributed by atoms with Crippen LogP contribution in [0.4, 0.5) is 0 Å². The Bertz CT molecular complexity index is 414. The van der Waals surface area contributed by atoms with Crippen LogP contribution in [0.2, 0.25) is 0 Å². The van der Waals surface area contributed by atoms with Crippen LogP contribution in [0.3, 0.4) is 0 Å². The highest BCUT2D eigenvalue weighted by atomic mass is 35.5. The lowest BCUT2D eigenvalue weighted by Crippen LogP contribution is -2.49. The monoisotopic (exact) mass is 298 g/mol. The number of halogens is 1. The van der Waals surface area contributed by atoms with Crippen molar-refractivity contribution in [2.24, 2.45) is 0 Å². The first-order valence-electron chi connectivity index (χ1n) is 6.90. The number of para-hydroxylation sites is 1. The van der Waals surface area contributed by atoms with Gasteiger partial charge in [0.1, 0.15) is 5.75 Å². The van der Waals surface area contributed by atoms with Crippen LogP contribution in [-0.4, -0.2) is 30.6 Å². The lowest BCUT2D eigenvalue weighted by Gasteiger charge is -2.29.